The molecular weight excluding hydrogens is 330 g/mol. The molecule has 2 rings (SSSR count). The number of para-hydroxylation sites is 1. The van der Waals surface area contributed by atoms with Crippen LogP contribution in [-0.2, 0) is 11.3 Å². The highest BCUT2D eigenvalue weighted by atomic mass is 16.5. The summed E-state index contributed by atoms with van der Waals surface area (Å²) in [7, 11) is 4.94. The Hall–Kier alpha value is -2.95. The molecule has 0 saturated heterocycles. The van der Waals surface area contributed by atoms with Gasteiger partial charge in [-0.3, -0.25) is 4.79 Å². The summed E-state index contributed by atoms with van der Waals surface area (Å²) >= 11 is 0. The number of nitrogens with zero attached hydrogens (tertiary/aromatic N) is 1. The number of amides is 1. The number of methoxy groups -OCH3 is 2. The van der Waals surface area contributed by atoms with Gasteiger partial charge in [-0.1, -0.05) is 36.4 Å². The van der Waals surface area contributed by atoms with E-state index < -0.39 is 0 Å². The van der Waals surface area contributed by atoms with Crippen molar-refractivity contribution < 1.29 is 19.0 Å². The van der Waals surface area contributed by atoms with Crippen LogP contribution in [0.3, 0.4) is 0 Å². The van der Waals surface area contributed by atoms with Gasteiger partial charge < -0.3 is 19.1 Å². The highest BCUT2D eigenvalue weighted by molar-refractivity contribution is 5.77. The lowest BCUT2D eigenvalue weighted by atomic mass is 10.2. The normalized spacial score (nSPS) is 10.6. The van der Waals surface area contributed by atoms with Crippen molar-refractivity contribution in [2.45, 2.75) is 13.5 Å². The number of rotatable bonds is 8. The van der Waals surface area contributed by atoms with Gasteiger partial charge in [-0.25, -0.2) is 0 Å². The third-order valence-electron chi connectivity index (χ3n) is 3.92. The van der Waals surface area contributed by atoms with E-state index in [0.717, 1.165) is 16.9 Å². The zero-order valence-corrected chi connectivity index (χ0v) is 15.7. The Morgan fingerprint density at radius 3 is 2.46 bits per heavy atom. The van der Waals surface area contributed by atoms with E-state index in [-0.39, 0.29) is 12.5 Å². The van der Waals surface area contributed by atoms with Crippen LogP contribution in [0.2, 0.25) is 0 Å². The minimum Gasteiger partial charge on any atom is -0.496 e. The largest absolute Gasteiger partial charge is 0.496 e. The standard InChI is InChI=1S/C21H25NO4/c1-5-8-16-11-12-19(20(13-16)25-4)26-15-21(23)22(2)14-17-9-6-7-10-18(17)24-3/h5-13H,14-15H2,1-4H3/b8-5+. The summed E-state index contributed by atoms with van der Waals surface area (Å²) in [6.07, 6.45) is 3.92. The van der Waals surface area contributed by atoms with E-state index in [1.54, 1.807) is 26.2 Å². The van der Waals surface area contributed by atoms with Gasteiger partial charge in [-0.2, -0.15) is 0 Å². The summed E-state index contributed by atoms with van der Waals surface area (Å²) in [4.78, 5) is 14.0. The van der Waals surface area contributed by atoms with Crippen molar-refractivity contribution in [1.29, 1.82) is 0 Å². The van der Waals surface area contributed by atoms with E-state index >= 15 is 0 Å². The van der Waals surface area contributed by atoms with Crippen LogP contribution < -0.4 is 14.2 Å². The van der Waals surface area contributed by atoms with Gasteiger partial charge in [0, 0.05) is 19.2 Å². The first-order valence-corrected chi connectivity index (χ1v) is 8.38. The van der Waals surface area contributed by atoms with E-state index in [2.05, 4.69) is 0 Å². The predicted molar refractivity (Wildman–Crippen MR) is 103 cm³/mol. The summed E-state index contributed by atoms with van der Waals surface area (Å²) in [6, 6.07) is 13.2. The summed E-state index contributed by atoms with van der Waals surface area (Å²) in [5.74, 6) is 1.77. The van der Waals surface area contributed by atoms with Crippen molar-refractivity contribution in [2.75, 3.05) is 27.9 Å². The van der Waals surface area contributed by atoms with Gasteiger partial charge in [0.15, 0.2) is 18.1 Å². The maximum absolute atomic E-state index is 12.4. The fourth-order valence-corrected chi connectivity index (χ4v) is 2.53. The lowest BCUT2D eigenvalue weighted by Crippen LogP contribution is -2.31. The molecule has 138 valence electrons. The molecule has 0 N–H and O–H groups in total. The van der Waals surface area contributed by atoms with Crippen molar-refractivity contribution in [3.63, 3.8) is 0 Å². The zero-order chi connectivity index (χ0) is 18.9. The Kier molecular flexibility index (Phi) is 7.09. The molecular formula is C21H25NO4. The second-order valence-corrected chi connectivity index (χ2v) is 5.76. The van der Waals surface area contributed by atoms with E-state index in [9.17, 15) is 4.79 Å². The molecule has 0 aliphatic carbocycles. The van der Waals surface area contributed by atoms with Crippen LogP contribution in [0.4, 0.5) is 0 Å². The fourth-order valence-electron chi connectivity index (χ4n) is 2.53. The smallest absolute Gasteiger partial charge is 0.260 e. The van der Waals surface area contributed by atoms with Crippen molar-refractivity contribution >= 4 is 12.0 Å². The Labute approximate surface area is 154 Å². The molecule has 0 radical (unpaired) electrons. The number of benzene rings is 2. The van der Waals surface area contributed by atoms with Gasteiger partial charge in [0.05, 0.1) is 14.2 Å². The Morgan fingerprint density at radius 1 is 1.04 bits per heavy atom. The summed E-state index contributed by atoms with van der Waals surface area (Å²) in [6.45, 7) is 2.33. The molecule has 0 atom stereocenters. The van der Waals surface area contributed by atoms with Crippen molar-refractivity contribution in [2.24, 2.45) is 0 Å². The first-order valence-electron chi connectivity index (χ1n) is 8.38. The molecule has 0 saturated carbocycles. The zero-order valence-electron chi connectivity index (χ0n) is 15.7. The molecule has 0 aliphatic heterocycles. The van der Waals surface area contributed by atoms with Crippen LogP contribution in [0.15, 0.2) is 48.5 Å². The molecule has 0 spiro atoms. The molecule has 2 aromatic rings. The molecule has 2 aromatic carbocycles. The highest BCUT2D eigenvalue weighted by Gasteiger charge is 2.14. The topological polar surface area (TPSA) is 48.0 Å². The maximum atomic E-state index is 12.4. The van der Waals surface area contributed by atoms with Gasteiger partial charge >= 0.3 is 0 Å². The van der Waals surface area contributed by atoms with E-state index in [0.29, 0.717) is 18.0 Å². The van der Waals surface area contributed by atoms with Gasteiger partial charge in [0.2, 0.25) is 0 Å². The van der Waals surface area contributed by atoms with Crippen LogP contribution in [0, 0.1) is 0 Å². The number of carbonyl (C=O) groups excluding carboxylic acids is 1. The predicted octanol–water partition coefficient (Wildman–Crippen LogP) is 3.77. The van der Waals surface area contributed by atoms with E-state index in [1.165, 1.54) is 0 Å². The maximum Gasteiger partial charge on any atom is 0.260 e. The number of hydrogen-bond acceptors (Lipinski definition) is 4. The molecule has 5 heteroatoms. The second kappa shape index (κ2) is 9.51. The van der Waals surface area contributed by atoms with Gasteiger partial charge in [-0.15, -0.1) is 0 Å². The Balaban J connectivity index is 1.99. The lowest BCUT2D eigenvalue weighted by molar-refractivity contribution is -0.132. The Morgan fingerprint density at radius 2 is 1.77 bits per heavy atom. The second-order valence-electron chi connectivity index (χ2n) is 5.76. The van der Waals surface area contributed by atoms with Gasteiger partial charge in [0.25, 0.3) is 5.91 Å². The monoisotopic (exact) mass is 355 g/mol. The summed E-state index contributed by atoms with van der Waals surface area (Å²) in [5, 5.41) is 0. The molecule has 0 heterocycles. The van der Waals surface area contributed by atoms with Crippen molar-refractivity contribution in [3.8, 4) is 17.2 Å². The number of allylic oxidation sites excluding steroid dienone is 1. The molecule has 0 aliphatic rings. The number of carbonyl (C=O) groups is 1. The molecule has 0 aromatic heterocycles. The average Bonchev–Trinajstić information content (AvgIpc) is 2.67. The minimum atomic E-state index is -0.129. The molecule has 1 amide bonds. The van der Waals surface area contributed by atoms with Crippen molar-refractivity contribution in [1.82, 2.24) is 4.90 Å². The Bertz CT molecular complexity index is 770. The van der Waals surface area contributed by atoms with E-state index in [4.69, 9.17) is 14.2 Å². The molecule has 0 bridgehead atoms. The van der Waals surface area contributed by atoms with E-state index in [1.807, 2.05) is 61.5 Å². The molecule has 0 unspecified atom stereocenters. The third-order valence-corrected chi connectivity index (χ3v) is 3.92. The first kappa shape index (κ1) is 19.4. The summed E-state index contributed by atoms with van der Waals surface area (Å²) < 4.78 is 16.3. The third kappa shape index (κ3) is 5.02. The first-order chi connectivity index (χ1) is 12.6. The van der Waals surface area contributed by atoms with Gasteiger partial charge in [-0.05, 0) is 30.7 Å². The lowest BCUT2D eigenvalue weighted by Gasteiger charge is -2.19. The number of hydrogen-bond donors (Lipinski definition) is 0. The number of likely N-dealkylation sites (N-methyl/N-ethyl adjacent to an activating group) is 1. The number of ether oxygens (including phenoxy) is 3. The minimum absolute atomic E-state index is 0.0645. The molecule has 0 fully saturated rings. The SMILES string of the molecule is C/C=C/c1ccc(OCC(=O)N(C)Cc2ccccc2OC)c(OC)c1. The van der Waals surface area contributed by atoms with Crippen LogP contribution in [0.25, 0.3) is 6.08 Å². The fraction of sp³-hybridized carbons (Fsp3) is 0.286. The van der Waals surface area contributed by atoms with Crippen LogP contribution in [0.1, 0.15) is 18.1 Å². The van der Waals surface area contributed by atoms with Crippen molar-refractivity contribution in [3.05, 3.63) is 59.7 Å². The van der Waals surface area contributed by atoms with Crippen LogP contribution >= 0.6 is 0 Å². The quantitative estimate of drug-likeness (QED) is 0.723. The van der Waals surface area contributed by atoms with Gasteiger partial charge in [0.1, 0.15) is 5.75 Å². The van der Waals surface area contributed by atoms with Crippen LogP contribution in [-0.4, -0.2) is 38.7 Å². The highest BCUT2D eigenvalue weighted by Crippen LogP contribution is 2.28. The average molecular weight is 355 g/mol. The summed E-state index contributed by atoms with van der Waals surface area (Å²) in [5.41, 5.74) is 1.95. The molecule has 26 heavy (non-hydrogen) atoms. The van der Waals surface area contributed by atoms with Crippen LogP contribution in [0.5, 0.6) is 17.2 Å². The molecule has 5 nitrogen and oxygen atoms in total.